The van der Waals surface area contributed by atoms with Gasteiger partial charge in [-0.3, -0.25) is 0 Å². The van der Waals surface area contributed by atoms with Crippen molar-refractivity contribution in [3.63, 3.8) is 0 Å². The zero-order valence-corrected chi connectivity index (χ0v) is 13.8. The number of aliphatic carboxylic acids is 1. The SMILES string of the molecule is CCCCC(CC)CCCOc1ccc(C=CC(=O)O)cc1. The van der Waals surface area contributed by atoms with Gasteiger partial charge in [0.05, 0.1) is 6.61 Å². The van der Waals surface area contributed by atoms with Gasteiger partial charge >= 0.3 is 5.97 Å². The van der Waals surface area contributed by atoms with Crippen LogP contribution in [0.1, 0.15) is 57.9 Å². The van der Waals surface area contributed by atoms with Gasteiger partial charge < -0.3 is 9.84 Å². The van der Waals surface area contributed by atoms with Gasteiger partial charge in [0.25, 0.3) is 0 Å². The number of hydrogen-bond donors (Lipinski definition) is 1. The van der Waals surface area contributed by atoms with Gasteiger partial charge in [-0.15, -0.1) is 0 Å². The van der Waals surface area contributed by atoms with E-state index in [1.165, 1.54) is 32.1 Å². The number of benzene rings is 1. The van der Waals surface area contributed by atoms with Gasteiger partial charge in [-0.25, -0.2) is 4.79 Å². The number of carboxylic acids is 1. The molecule has 1 unspecified atom stereocenters. The molecule has 1 N–H and O–H groups in total. The van der Waals surface area contributed by atoms with Crippen molar-refractivity contribution in [2.45, 2.75) is 52.4 Å². The standard InChI is InChI=1S/C19H28O3/c1-3-5-7-16(4-2)8-6-15-22-18-12-9-17(10-13-18)11-14-19(20)21/h9-14,16H,3-8,15H2,1-2H3,(H,20,21). The van der Waals surface area contributed by atoms with Crippen LogP contribution in [0.25, 0.3) is 6.08 Å². The first-order valence-electron chi connectivity index (χ1n) is 8.29. The fourth-order valence-electron chi connectivity index (χ4n) is 2.45. The number of rotatable bonds is 11. The molecule has 0 heterocycles. The Kier molecular flexibility index (Phi) is 9.04. The molecule has 0 spiro atoms. The predicted molar refractivity (Wildman–Crippen MR) is 91.1 cm³/mol. The minimum atomic E-state index is -0.936. The first kappa shape index (κ1) is 18.3. The molecule has 1 aromatic carbocycles. The summed E-state index contributed by atoms with van der Waals surface area (Å²) in [5.41, 5.74) is 0.861. The van der Waals surface area contributed by atoms with Crippen LogP contribution in [-0.4, -0.2) is 17.7 Å². The van der Waals surface area contributed by atoms with Crippen molar-refractivity contribution in [1.29, 1.82) is 0 Å². The van der Waals surface area contributed by atoms with Gasteiger partial charge in [0.15, 0.2) is 0 Å². The molecule has 0 aliphatic rings. The van der Waals surface area contributed by atoms with E-state index < -0.39 is 5.97 Å². The van der Waals surface area contributed by atoms with Crippen molar-refractivity contribution in [1.82, 2.24) is 0 Å². The second-order valence-corrected chi connectivity index (χ2v) is 5.65. The minimum absolute atomic E-state index is 0.743. The molecule has 0 radical (unpaired) electrons. The number of hydrogen-bond acceptors (Lipinski definition) is 2. The highest BCUT2D eigenvalue weighted by atomic mass is 16.5. The Labute approximate surface area is 134 Å². The molecule has 0 bridgehead atoms. The van der Waals surface area contributed by atoms with Crippen LogP contribution >= 0.6 is 0 Å². The van der Waals surface area contributed by atoms with Crippen LogP contribution in [0.2, 0.25) is 0 Å². The number of carbonyl (C=O) groups is 1. The Morgan fingerprint density at radius 2 is 1.86 bits per heavy atom. The summed E-state index contributed by atoms with van der Waals surface area (Å²) in [5, 5.41) is 8.58. The number of carboxylic acid groups (broad SMARTS) is 1. The van der Waals surface area contributed by atoms with E-state index in [1.54, 1.807) is 6.08 Å². The monoisotopic (exact) mass is 304 g/mol. The maximum atomic E-state index is 10.4. The maximum Gasteiger partial charge on any atom is 0.328 e. The van der Waals surface area contributed by atoms with Gasteiger partial charge in [-0.05, 0) is 42.5 Å². The summed E-state index contributed by atoms with van der Waals surface area (Å²) in [5.74, 6) is 0.732. The van der Waals surface area contributed by atoms with Crippen LogP contribution in [0.5, 0.6) is 5.75 Å². The van der Waals surface area contributed by atoms with E-state index >= 15 is 0 Å². The van der Waals surface area contributed by atoms with Gasteiger partial charge in [0.2, 0.25) is 0 Å². The fourth-order valence-corrected chi connectivity index (χ4v) is 2.45. The summed E-state index contributed by atoms with van der Waals surface area (Å²) >= 11 is 0. The lowest BCUT2D eigenvalue weighted by Crippen LogP contribution is -2.03. The van der Waals surface area contributed by atoms with Gasteiger partial charge in [-0.2, -0.15) is 0 Å². The normalized spacial score (nSPS) is 12.5. The summed E-state index contributed by atoms with van der Waals surface area (Å²) in [6.07, 6.45) is 10.2. The smallest absolute Gasteiger partial charge is 0.328 e. The van der Waals surface area contributed by atoms with Crippen LogP contribution in [0.15, 0.2) is 30.3 Å². The summed E-state index contributed by atoms with van der Waals surface area (Å²) in [4.78, 5) is 10.4. The van der Waals surface area contributed by atoms with Crippen molar-refractivity contribution in [3.05, 3.63) is 35.9 Å². The molecule has 122 valence electrons. The molecule has 22 heavy (non-hydrogen) atoms. The quantitative estimate of drug-likeness (QED) is 0.453. The molecule has 0 saturated carbocycles. The minimum Gasteiger partial charge on any atom is -0.494 e. The summed E-state index contributed by atoms with van der Waals surface area (Å²) in [6, 6.07) is 7.50. The zero-order valence-electron chi connectivity index (χ0n) is 13.8. The topological polar surface area (TPSA) is 46.5 Å². The molecule has 1 aromatic rings. The molecule has 0 aliphatic carbocycles. The maximum absolute atomic E-state index is 10.4. The molecule has 3 nitrogen and oxygen atoms in total. The van der Waals surface area contributed by atoms with Crippen molar-refractivity contribution >= 4 is 12.0 Å². The van der Waals surface area contributed by atoms with Crippen LogP contribution < -0.4 is 4.74 Å². The molecule has 0 aromatic heterocycles. The molecule has 0 fully saturated rings. The largest absolute Gasteiger partial charge is 0.494 e. The second kappa shape index (κ2) is 10.9. The first-order chi connectivity index (χ1) is 10.7. The Bertz CT molecular complexity index is 448. The van der Waals surface area contributed by atoms with E-state index in [-0.39, 0.29) is 0 Å². The number of unbranched alkanes of at least 4 members (excludes halogenated alkanes) is 1. The third-order valence-electron chi connectivity index (χ3n) is 3.87. The van der Waals surface area contributed by atoms with Gasteiger partial charge in [0.1, 0.15) is 5.75 Å². The second-order valence-electron chi connectivity index (χ2n) is 5.65. The Hall–Kier alpha value is -1.77. The van der Waals surface area contributed by atoms with Crippen LogP contribution in [-0.2, 0) is 4.79 Å². The molecule has 0 saturated heterocycles. The fraction of sp³-hybridized carbons (Fsp3) is 0.526. The van der Waals surface area contributed by atoms with Crippen molar-refractivity contribution in [2.24, 2.45) is 5.92 Å². The average molecular weight is 304 g/mol. The lowest BCUT2D eigenvalue weighted by atomic mass is 9.94. The van der Waals surface area contributed by atoms with Crippen LogP contribution in [0, 0.1) is 5.92 Å². The lowest BCUT2D eigenvalue weighted by molar-refractivity contribution is -0.131. The predicted octanol–water partition coefficient (Wildman–Crippen LogP) is 5.16. The van der Waals surface area contributed by atoms with Crippen LogP contribution in [0.3, 0.4) is 0 Å². The first-order valence-corrected chi connectivity index (χ1v) is 8.29. The molecular formula is C19H28O3. The summed E-state index contributed by atoms with van der Waals surface area (Å²) < 4.78 is 5.75. The van der Waals surface area contributed by atoms with E-state index in [0.29, 0.717) is 0 Å². The Balaban J connectivity index is 2.28. The van der Waals surface area contributed by atoms with Gasteiger partial charge in [0, 0.05) is 6.08 Å². The van der Waals surface area contributed by atoms with Crippen LogP contribution in [0.4, 0.5) is 0 Å². The Morgan fingerprint density at radius 3 is 2.45 bits per heavy atom. The highest BCUT2D eigenvalue weighted by Gasteiger charge is 2.05. The molecule has 1 atom stereocenters. The van der Waals surface area contributed by atoms with Crippen molar-refractivity contribution < 1.29 is 14.6 Å². The highest BCUT2D eigenvalue weighted by Crippen LogP contribution is 2.19. The molecule has 3 heteroatoms. The molecule has 0 aliphatic heterocycles. The van der Waals surface area contributed by atoms with Crippen molar-refractivity contribution in [3.8, 4) is 5.75 Å². The van der Waals surface area contributed by atoms with Gasteiger partial charge in [-0.1, -0.05) is 51.7 Å². The third kappa shape index (κ3) is 7.87. The van der Waals surface area contributed by atoms with E-state index in [0.717, 1.165) is 36.3 Å². The highest BCUT2D eigenvalue weighted by molar-refractivity contribution is 5.85. The van der Waals surface area contributed by atoms with Crippen molar-refractivity contribution in [2.75, 3.05) is 6.61 Å². The third-order valence-corrected chi connectivity index (χ3v) is 3.87. The molecule has 0 amide bonds. The zero-order chi connectivity index (χ0) is 16.2. The molecular weight excluding hydrogens is 276 g/mol. The lowest BCUT2D eigenvalue weighted by Gasteiger charge is -2.14. The van der Waals surface area contributed by atoms with E-state index in [2.05, 4.69) is 13.8 Å². The van der Waals surface area contributed by atoms with E-state index in [4.69, 9.17) is 9.84 Å². The Morgan fingerprint density at radius 1 is 1.18 bits per heavy atom. The summed E-state index contributed by atoms with van der Waals surface area (Å²) in [7, 11) is 0. The molecule has 1 rings (SSSR count). The average Bonchev–Trinajstić information content (AvgIpc) is 2.53. The summed E-state index contributed by atoms with van der Waals surface area (Å²) in [6.45, 7) is 5.25. The van der Waals surface area contributed by atoms with E-state index in [9.17, 15) is 4.79 Å². The number of ether oxygens (including phenoxy) is 1. The van der Waals surface area contributed by atoms with E-state index in [1.807, 2.05) is 24.3 Å².